The number of hydrogen-bond donors (Lipinski definition) is 1. The second kappa shape index (κ2) is 4.75. The van der Waals surface area contributed by atoms with E-state index in [1.54, 1.807) is 12.1 Å². The summed E-state index contributed by atoms with van der Waals surface area (Å²) >= 11 is 1.45. The van der Waals surface area contributed by atoms with E-state index in [0.29, 0.717) is 17.2 Å². The summed E-state index contributed by atoms with van der Waals surface area (Å²) in [6.45, 7) is 1.83. The minimum absolute atomic E-state index is 0.269. The maximum absolute atomic E-state index is 12.1. The van der Waals surface area contributed by atoms with Gasteiger partial charge < -0.3 is 10.0 Å². The van der Waals surface area contributed by atoms with E-state index in [-0.39, 0.29) is 5.91 Å². The lowest BCUT2D eigenvalue weighted by Gasteiger charge is -2.20. The lowest BCUT2D eigenvalue weighted by Crippen LogP contribution is -2.41. The summed E-state index contributed by atoms with van der Waals surface area (Å²) in [4.78, 5) is 28.5. The molecule has 0 aliphatic carbocycles. The van der Waals surface area contributed by atoms with Crippen molar-refractivity contribution in [3.63, 3.8) is 0 Å². The number of carbonyl (C=O) groups excluding carboxylic acids is 1. The van der Waals surface area contributed by atoms with Crippen LogP contribution in [0.1, 0.15) is 16.1 Å². The summed E-state index contributed by atoms with van der Waals surface area (Å²) in [6.07, 6.45) is 1.49. The molecule has 0 saturated carbocycles. The summed E-state index contributed by atoms with van der Waals surface area (Å²) in [7, 11) is 0. The van der Waals surface area contributed by atoms with Crippen LogP contribution in [0.15, 0.2) is 18.3 Å². The zero-order valence-electron chi connectivity index (χ0n) is 9.29. The fourth-order valence-electron chi connectivity index (χ4n) is 1.61. The first-order chi connectivity index (χ1) is 8.09. The molecule has 1 atom stereocenters. The lowest BCUT2D eigenvalue weighted by molar-refractivity contribution is -0.140. The number of hydrogen-bond acceptors (Lipinski definition) is 4. The van der Waals surface area contributed by atoms with Crippen molar-refractivity contribution >= 4 is 23.6 Å². The van der Waals surface area contributed by atoms with Crippen molar-refractivity contribution in [3.8, 4) is 0 Å². The number of carboxylic acids is 1. The summed E-state index contributed by atoms with van der Waals surface area (Å²) < 4.78 is 0. The fourth-order valence-corrected chi connectivity index (χ4v) is 2.75. The zero-order valence-corrected chi connectivity index (χ0v) is 10.1. The summed E-state index contributed by atoms with van der Waals surface area (Å²) in [5, 5.41) is 9.00. The van der Waals surface area contributed by atoms with Crippen LogP contribution in [0.5, 0.6) is 0 Å². The molecule has 2 heterocycles. The minimum atomic E-state index is -0.955. The Balaban J connectivity index is 2.19. The monoisotopic (exact) mass is 252 g/mol. The van der Waals surface area contributed by atoms with E-state index in [9.17, 15) is 9.59 Å². The number of pyridine rings is 1. The van der Waals surface area contributed by atoms with Crippen molar-refractivity contribution in [2.24, 2.45) is 0 Å². The molecule has 6 heteroatoms. The molecule has 1 aliphatic heterocycles. The Morgan fingerprint density at radius 1 is 1.53 bits per heavy atom. The summed E-state index contributed by atoms with van der Waals surface area (Å²) in [6, 6.07) is 2.69. The molecule has 1 saturated heterocycles. The largest absolute Gasteiger partial charge is 0.480 e. The molecule has 17 heavy (non-hydrogen) atoms. The number of aryl methyl sites for hydroxylation is 1. The molecular formula is C11H12N2O3S. The van der Waals surface area contributed by atoms with Crippen LogP contribution in [0, 0.1) is 6.92 Å². The third-order valence-corrected chi connectivity index (χ3v) is 3.60. The molecule has 0 radical (unpaired) electrons. The quantitative estimate of drug-likeness (QED) is 0.850. The predicted octanol–water partition coefficient (Wildman–Crippen LogP) is 0.990. The van der Waals surface area contributed by atoms with E-state index in [2.05, 4.69) is 4.98 Å². The highest BCUT2D eigenvalue weighted by molar-refractivity contribution is 7.99. The van der Waals surface area contributed by atoms with E-state index in [4.69, 9.17) is 5.11 Å². The first-order valence-corrected chi connectivity index (χ1v) is 6.29. The van der Waals surface area contributed by atoms with Crippen molar-refractivity contribution in [3.05, 3.63) is 29.6 Å². The molecule has 1 aromatic rings. The van der Waals surface area contributed by atoms with Crippen molar-refractivity contribution in [1.29, 1.82) is 0 Å². The van der Waals surface area contributed by atoms with E-state index >= 15 is 0 Å². The van der Waals surface area contributed by atoms with Crippen molar-refractivity contribution in [2.45, 2.75) is 13.0 Å². The third-order valence-electron chi connectivity index (χ3n) is 2.59. The molecule has 0 aromatic carbocycles. The maximum atomic E-state index is 12.1. The fraction of sp³-hybridized carbons (Fsp3) is 0.364. The van der Waals surface area contributed by atoms with Gasteiger partial charge >= 0.3 is 5.97 Å². The predicted molar refractivity (Wildman–Crippen MR) is 63.9 cm³/mol. The highest BCUT2D eigenvalue weighted by Crippen LogP contribution is 2.23. The Labute approximate surface area is 103 Å². The van der Waals surface area contributed by atoms with Gasteiger partial charge in [-0.3, -0.25) is 9.78 Å². The maximum Gasteiger partial charge on any atom is 0.327 e. The third kappa shape index (κ3) is 2.41. The van der Waals surface area contributed by atoms with Crippen LogP contribution in [0.2, 0.25) is 0 Å². The molecule has 1 aromatic heterocycles. The van der Waals surface area contributed by atoms with Crippen LogP contribution in [0.4, 0.5) is 0 Å². The van der Waals surface area contributed by atoms with E-state index < -0.39 is 12.0 Å². The normalized spacial score (nSPS) is 19.4. The van der Waals surface area contributed by atoms with Crippen LogP contribution in [0.25, 0.3) is 0 Å². The Morgan fingerprint density at radius 3 is 2.88 bits per heavy atom. The van der Waals surface area contributed by atoms with Crippen LogP contribution in [-0.4, -0.2) is 44.5 Å². The number of aromatic nitrogens is 1. The molecule has 1 amide bonds. The molecular weight excluding hydrogens is 240 g/mol. The summed E-state index contributed by atoms with van der Waals surface area (Å²) in [5.41, 5.74) is 1.26. The molecule has 1 fully saturated rings. The van der Waals surface area contributed by atoms with Gasteiger partial charge in [0.1, 0.15) is 6.04 Å². The van der Waals surface area contributed by atoms with E-state index in [1.165, 1.54) is 22.9 Å². The standard InChI is InChI=1S/C11H12N2O3S/c1-7-2-3-8(4-12-7)10(14)13-6-17-5-9(13)11(15)16/h2-4,9H,5-6H2,1H3,(H,15,16)/t9-/m0/s1. The van der Waals surface area contributed by atoms with Crippen molar-refractivity contribution in [2.75, 3.05) is 11.6 Å². The van der Waals surface area contributed by atoms with Crippen molar-refractivity contribution in [1.82, 2.24) is 9.88 Å². The number of nitrogens with zero attached hydrogens (tertiary/aromatic N) is 2. The Bertz CT molecular complexity index is 447. The number of amides is 1. The number of aliphatic carboxylic acids is 1. The topological polar surface area (TPSA) is 70.5 Å². The van der Waals surface area contributed by atoms with Gasteiger partial charge in [0.2, 0.25) is 0 Å². The van der Waals surface area contributed by atoms with Gasteiger partial charge in [0, 0.05) is 17.6 Å². The van der Waals surface area contributed by atoms with Gasteiger partial charge in [-0.1, -0.05) is 0 Å². The molecule has 5 nitrogen and oxygen atoms in total. The molecule has 0 unspecified atom stereocenters. The van der Waals surface area contributed by atoms with Crippen LogP contribution < -0.4 is 0 Å². The molecule has 1 aliphatic rings. The van der Waals surface area contributed by atoms with Gasteiger partial charge in [-0.05, 0) is 19.1 Å². The number of rotatable bonds is 2. The Kier molecular flexibility index (Phi) is 3.33. The Hall–Kier alpha value is -1.56. The number of carboxylic acid groups (broad SMARTS) is 1. The molecule has 90 valence electrons. The first-order valence-electron chi connectivity index (χ1n) is 5.14. The van der Waals surface area contributed by atoms with Gasteiger partial charge in [0.25, 0.3) is 5.91 Å². The van der Waals surface area contributed by atoms with Gasteiger partial charge in [-0.15, -0.1) is 11.8 Å². The smallest absolute Gasteiger partial charge is 0.327 e. The van der Waals surface area contributed by atoms with Gasteiger partial charge in [0.05, 0.1) is 11.4 Å². The summed E-state index contributed by atoms with van der Waals surface area (Å²) in [5.74, 6) is -0.359. The molecule has 2 rings (SSSR count). The minimum Gasteiger partial charge on any atom is -0.480 e. The van der Waals surface area contributed by atoms with Gasteiger partial charge in [0.15, 0.2) is 0 Å². The second-order valence-electron chi connectivity index (χ2n) is 3.82. The second-order valence-corrected chi connectivity index (χ2v) is 4.82. The molecule has 0 bridgehead atoms. The average molecular weight is 252 g/mol. The molecule has 1 N–H and O–H groups in total. The van der Waals surface area contributed by atoms with Gasteiger partial charge in [-0.25, -0.2) is 4.79 Å². The number of carbonyl (C=O) groups is 2. The number of thioether (sulfide) groups is 1. The Morgan fingerprint density at radius 2 is 2.29 bits per heavy atom. The molecule has 0 spiro atoms. The van der Waals surface area contributed by atoms with E-state index in [0.717, 1.165) is 5.69 Å². The first kappa shape index (κ1) is 11.9. The van der Waals surface area contributed by atoms with Gasteiger partial charge in [-0.2, -0.15) is 0 Å². The van der Waals surface area contributed by atoms with Crippen LogP contribution in [-0.2, 0) is 4.79 Å². The van der Waals surface area contributed by atoms with Crippen LogP contribution >= 0.6 is 11.8 Å². The average Bonchev–Trinajstić information content (AvgIpc) is 2.78. The SMILES string of the molecule is Cc1ccc(C(=O)N2CSC[C@H]2C(=O)O)cn1. The van der Waals surface area contributed by atoms with Crippen LogP contribution in [0.3, 0.4) is 0 Å². The highest BCUT2D eigenvalue weighted by Gasteiger charge is 2.34. The zero-order chi connectivity index (χ0) is 12.4. The van der Waals surface area contributed by atoms with E-state index in [1.807, 2.05) is 6.92 Å². The lowest BCUT2D eigenvalue weighted by atomic mass is 10.2. The van der Waals surface area contributed by atoms with Crippen molar-refractivity contribution < 1.29 is 14.7 Å². The highest BCUT2D eigenvalue weighted by atomic mass is 32.2.